The lowest BCUT2D eigenvalue weighted by atomic mass is 10.0. The summed E-state index contributed by atoms with van der Waals surface area (Å²) >= 11 is 0. The van der Waals surface area contributed by atoms with Crippen LogP contribution in [0.3, 0.4) is 0 Å². The van der Waals surface area contributed by atoms with Crippen molar-refractivity contribution in [2.45, 2.75) is 44.7 Å². The fraction of sp³-hybridized carbons (Fsp3) is 0.273. The first-order valence-corrected chi connectivity index (χ1v) is 14.2. The fourth-order valence-electron chi connectivity index (χ4n) is 6.01. The van der Waals surface area contributed by atoms with Crippen LogP contribution >= 0.6 is 0 Å². The second kappa shape index (κ2) is 11.0. The standard InChI is InChI=1S/C33H31N5O3/c39-31(21-25-8-5-7-23-6-1-4-11-28(23)25)37(27-9-2-3-10-27)18-19-38-33(24-14-16-34-17-15-24)35-32(36-38)26-12-13-29-30(20-26)41-22-40-29/h1,4-8,11-17,20,27H,2-3,9-10,18-19,21-22H2. The van der Waals surface area contributed by atoms with Crippen LogP contribution in [0.1, 0.15) is 31.2 Å². The molecular weight excluding hydrogens is 514 g/mol. The van der Waals surface area contributed by atoms with Gasteiger partial charge in [0.2, 0.25) is 12.7 Å². The number of hydrogen-bond acceptors (Lipinski definition) is 6. The van der Waals surface area contributed by atoms with Crippen molar-refractivity contribution in [3.05, 3.63) is 90.8 Å². The number of carbonyl (C=O) groups is 1. The number of aromatic nitrogens is 4. The summed E-state index contributed by atoms with van der Waals surface area (Å²) in [6.07, 6.45) is 8.29. The molecule has 7 rings (SSSR count). The Morgan fingerprint density at radius 3 is 2.59 bits per heavy atom. The number of hydrogen-bond donors (Lipinski definition) is 0. The Morgan fingerprint density at radius 1 is 0.902 bits per heavy atom. The zero-order chi connectivity index (χ0) is 27.6. The van der Waals surface area contributed by atoms with Crippen LogP contribution in [0.15, 0.2) is 85.2 Å². The molecule has 8 heteroatoms. The molecule has 1 fully saturated rings. The number of benzene rings is 3. The molecule has 5 aromatic rings. The number of fused-ring (bicyclic) bond motifs is 2. The molecule has 2 aromatic heterocycles. The van der Waals surface area contributed by atoms with Crippen molar-refractivity contribution in [3.8, 4) is 34.3 Å². The normalized spacial score (nSPS) is 14.5. The van der Waals surface area contributed by atoms with E-state index in [1.54, 1.807) is 12.4 Å². The zero-order valence-corrected chi connectivity index (χ0v) is 22.8. The van der Waals surface area contributed by atoms with Crippen LogP contribution in [0.4, 0.5) is 0 Å². The average molecular weight is 546 g/mol. The van der Waals surface area contributed by atoms with E-state index >= 15 is 0 Å². The molecule has 3 heterocycles. The number of carbonyl (C=O) groups excluding carboxylic acids is 1. The van der Waals surface area contributed by atoms with Gasteiger partial charge in [0.15, 0.2) is 23.1 Å². The first-order valence-electron chi connectivity index (χ1n) is 14.2. The van der Waals surface area contributed by atoms with E-state index in [-0.39, 0.29) is 18.7 Å². The lowest BCUT2D eigenvalue weighted by Gasteiger charge is -2.29. The summed E-state index contributed by atoms with van der Waals surface area (Å²) in [5, 5.41) is 7.21. The minimum absolute atomic E-state index is 0.162. The molecule has 3 aromatic carbocycles. The number of amides is 1. The van der Waals surface area contributed by atoms with E-state index < -0.39 is 0 Å². The predicted molar refractivity (Wildman–Crippen MR) is 156 cm³/mol. The second-order valence-electron chi connectivity index (χ2n) is 10.6. The van der Waals surface area contributed by atoms with Gasteiger partial charge in [0, 0.05) is 36.1 Å². The van der Waals surface area contributed by atoms with Gasteiger partial charge in [-0.2, -0.15) is 5.10 Å². The lowest BCUT2D eigenvalue weighted by molar-refractivity contribution is -0.132. The molecule has 0 saturated heterocycles. The maximum Gasteiger partial charge on any atom is 0.231 e. The van der Waals surface area contributed by atoms with Gasteiger partial charge >= 0.3 is 0 Å². The Hall–Kier alpha value is -4.72. The molecule has 1 aliphatic heterocycles. The van der Waals surface area contributed by atoms with Gasteiger partial charge in [-0.3, -0.25) is 9.78 Å². The van der Waals surface area contributed by atoms with Gasteiger partial charge in [-0.1, -0.05) is 55.3 Å². The van der Waals surface area contributed by atoms with Crippen LogP contribution in [0, 0.1) is 0 Å². The van der Waals surface area contributed by atoms with Crippen molar-refractivity contribution < 1.29 is 14.3 Å². The Kier molecular flexibility index (Phi) is 6.80. The lowest BCUT2D eigenvalue weighted by Crippen LogP contribution is -2.42. The topological polar surface area (TPSA) is 82.4 Å². The summed E-state index contributed by atoms with van der Waals surface area (Å²) in [7, 11) is 0. The molecule has 2 aliphatic rings. The van der Waals surface area contributed by atoms with Crippen LogP contribution in [0.5, 0.6) is 11.5 Å². The Bertz CT molecular complexity index is 1690. The molecule has 1 saturated carbocycles. The van der Waals surface area contributed by atoms with Crippen molar-refractivity contribution in [2.24, 2.45) is 0 Å². The quantitative estimate of drug-likeness (QED) is 0.241. The van der Waals surface area contributed by atoms with Crippen LogP contribution < -0.4 is 9.47 Å². The number of ether oxygens (including phenoxy) is 2. The maximum atomic E-state index is 13.9. The second-order valence-corrected chi connectivity index (χ2v) is 10.6. The highest BCUT2D eigenvalue weighted by molar-refractivity contribution is 5.90. The molecule has 0 N–H and O–H groups in total. The minimum atomic E-state index is 0.162. The maximum absolute atomic E-state index is 13.9. The molecule has 206 valence electrons. The molecule has 41 heavy (non-hydrogen) atoms. The molecular formula is C33H31N5O3. The van der Waals surface area contributed by atoms with Gasteiger partial charge < -0.3 is 14.4 Å². The molecule has 0 unspecified atom stereocenters. The van der Waals surface area contributed by atoms with Gasteiger partial charge in [0.05, 0.1) is 13.0 Å². The summed E-state index contributed by atoms with van der Waals surface area (Å²) < 4.78 is 13.0. The number of nitrogens with zero attached hydrogens (tertiary/aromatic N) is 5. The highest BCUT2D eigenvalue weighted by atomic mass is 16.7. The van der Waals surface area contributed by atoms with Gasteiger partial charge in [0.25, 0.3) is 0 Å². The summed E-state index contributed by atoms with van der Waals surface area (Å²) in [5.74, 6) is 2.92. The van der Waals surface area contributed by atoms with Crippen molar-refractivity contribution in [2.75, 3.05) is 13.3 Å². The summed E-state index contributed by atoms with van der Waals surface area (Å²) in [6, 6.07) is 24.4. The summed E-state index contributed by atoms with van der Waals surface area (Å²) in [5.41, 5.74) is 2.84. The van der Waals surface area contributed by atoms with E-state index in [1.165, 1.54) is 0 Å². The van der Waals surface area contributed by atoms with E-state index in [0.29, 0.717) is 31.1 Å². The summed E-state index contributed by atoms with van der Waals surface area (Å²) in [6.45, 7) is 1.32. The Labute approximate surface area is 238 Å². The third-order valence-electron chi connectivity index (χ3n) is 8.10. The zero-order valence-electron chi connectivity index (χ0n) is 22.8. The van der Waals surface area contributed by atoms with Crippen LogP contribution in [0.2, 0.25) is 0 Å². The highest BCUT2D eigenvalue weighted by Crippen LogP contribution is 2.35. The number of rotatable bonds is 8. The van der Waals surface area contributed by atoms with Crippen molar-refractivity contribution in [3.63, 3.8) is 0 Å². The fourth-order valence-corrected chi connectivity index (χ4v) is 6.01. The van der Waals surface area contributed by atoms with Gasteiger partial charge in [-0.25, -0.2) is 9.67 Å². The van der Waals surface area contributed by atoms with Crippen LogP contribution in [0.25, 0.3) is 33.5 Å². The van der Waals surface area contributed by atoms with E-state index in [9.17, 15) is 4.79 Å². The van der Waals surface area contributed by atoms with E-state index in [2.05, 4.69) is 34.1 Å². The SMILES string of the molecule is O=C(Cc1cccc2ccccc12)N(CCn1nc(-c2ccc3c(c2)OCO3)nc1-c1ccncc1)C1CCCC1. The van der Waals surface area contributed by atoms with Gasteiger partial charge in [0.1, 0.15) is 0 Å². The third-order valence-corrected chi connectivity index (χ3v) is 8.10. The van der Waals surface area contributed by atoms with E-state index in [1.807, 2.05) is 53.2 Å². The first-order chi connectivity index (χ1) is 20.2. The number of pyridine rings is 1. The largest absolute Gasteiger partial charge is 0.454 e. The summed E-state index contributed by atoms with van der Waals surface area (Å²) in [4.78, 5) is 25.1. The molecule has 1 amide bonds. The van der Waals surface area contributed by atoms with Crippen molar-refractivity contribution >= 4 is 16.7 Å². The smallest absolute Gasteiger partial charge is 0.231 e. The average Bonchev–Trinajstić information content (AvgIpc) is 3.79. The molecule has 0 atom stereocenters. The van der Waals surface area contributed by atoms with Gasteiger partial charge in [-0.15, -0.1) is 0 Å². The van der Waals surface area contributed by atoms with Gasteiger partial charge in [-0.05, 0) is 59.5 Å². The highest BCUT2D eigenvalue weighted by Gasteiger charge is 2.28. The Balaban J connectivity index is 1.18. The predicted octanol–water partition coefficient (Wildman–Crippen LogP) is 5.90. The van der Waals surface area contributed by atoms with Crippen LogP contribution in [-0.4, -0.2) is 49.9 Å². The molecule has 0 spiro atoms. The molecule has 8 nitrogen and oxygen atoms in total. The monoisotopic (exact) mass is 545 g/mol. The Morgan fingerprint density at radius 2 is 1.71 bits per heavy atom. The van der Waals surface area contributed by atoms with Crippen LogP contribution in [-0.2, 0) is 17.8 Å². The molecule has 1 aliphatic carbocycles. The van der Waals surface area contributed by atoms with Crippen molar-refractivity contribution in [1.29, 1.82) is 0 Å². The minimum Gasteiger partial charge on any atom is -0.454 e. The van der Waals surface area contributed by atoms with Crippen molar-refractivity contribution in [1.82, 2.24) is 24.6 Å². The third kappa shape index (κ3) is 5.13. The molecule has 0 bridgehead atoms. The first kappa shape index (κ1) is 25.3. The van der Waals surface area contributed by atoms with E-state index in [4.69, 9.17) is 19.6 Å². The molecule has 0 radical (unpaired) electrons. The van der Waals surface area contributed by atoms with E-state index in [0.717, 1.165) is 64.7 Å².